The first kappa shape index (κ1) is 20.2. The second kappa shape index (κ2) is 9.15. The Bertz CT molecular complexity index is 936. The highest BCUT2D eigenvalue weighted by molar-refractivity contribution is 9.10. The van der Waals surface area contributed by atoms with Crippen molar-refractivity contribution < 1.29 is 9.53 Å². The summed E-state index contributed by atoms with van der Waals surface area (Å²) in [7, 11) is 0. The smallest absolute Gasteiger partial charge is 0.266 e. The molecule has 0 spiro atoms. The molecule has 29 heavy (non-hydrogen) atoms. The second-order valence-corrected chi connectivity index (χ2v) is 8.65. The van der Waals surface area contributed by atoms with Crippen LogP contribution in [0.15, 0.2) is 62.9 Å². The molecule has 5 nitrogen and oxygen atoms in total. The van der Waals surface area contributed by atoms with Gasteiger partial charge in [0.2, 0.25) is 0 Å². The van der Waals surface area contributed by atoms with Crippen LogP contribution >= 0.6 is 27.7 Å². The Labute approximate surface area is 183 Å². The van der Waals surface area contributed by atoms with Crippen LogP contribution in [0, 0.1) is 0 Å². The number of halogens is 1. The number of nitrogens with zero attached hydrogens (tertiary/aromatic N) is 3. The number of morpholine rings is 1. The molecule has 2 aliphatic heterocycles. The molecule has 0 atom stereocenters. The summed E-state index contributed by atoms with van der Waals surface area (Å²) in [6.07, 6.45) is 1.92. The maximum Gasteiger partial charge on any atom is 0.266 e. The number of carbonyl (C=O) groups is 1. The lowest BCUT2D eigenvalue weighted by molar-refractivity contribution is -0.122. The third kappa shape index (κ3) is 4.74. The lowest BCUT2D eigenvalue weighted by Gasteiger charge is -2.28. The molecule has 1 amide bonds. The molecule has 0 aliphatic carbocycles. The molecule has 2 aromatic rings. The monoisotopic (exact) mass is 471 g/mol. The number of benzene rings is 2. The Balaban J connectivity index is 1.54. The molecule has 150 valence electrons. The van der Waals surface area contributed by atoms with E-state index < -0.39 is 0 Å². The topological polar surface area (TPSA) is 45.1 Å². The van der Waals surface area contributed by atoms with E-state index in [4.69, 9.17) is 9.73 Å². The number of amides is 1. The van der Waals surface area contributed by atoms with E-state index in [2.05, 4.69) is 33.0 Å². The number of thioether (sulfide) groups is 1. The average molecular weight is 472 g/mol. The van der Waals surface area contributed by atoms with Gasteiger partial charge in [-0.3, -0.25) is 9.69 Å². The van der Waals surface area contributed by atoms with E-state index in [0.717, 1.165) is 47.2 Å². The van der Waals surface area contributed by atoms with Crippen molar-refractivity contribution in [1.29, 1.82) is 0 Å². The molecule has 4 rings (SSSR count). The molecule has 0 unspecified atom stereocenters. The fraction of sp³-hybridized carbons (Fsp3) is 0.273. The second-order valence-electron chi connectivity index (χ2n) is 6.72. The molecule has 0 saturated carbocycles. The normalized spacial score (nSPS) is 20.1. The van der Waals surface area contributed by atoms with E-state index >= 15 is 0 Å². The molecule has 7 heteroatoms. The Morgan fingerprint density at radius 2 is 1.79 bits per heavy atom. The van der Waals surface area contributed by atoms with Crippen molar-refractivity contribution in [3.8, 4) is 0 Å². The number of carbonyl (C=O) groups excluding carboxylic acids is 1. The lowest BCUT2D eigenvalue weighted by atomic mass is 10.2. The van der Waals surface area contributed by atoms with E-state index in [1.54, 1.807) is 4.90 Å². The van der Waals surface area contributed by atoms with Crippen LogP contribution in [0.3, 0.4) is 0 Å². The molecule has 2 fully saturated rings. The summed E-state index contributed by atoms with van der Waals surface area (Å²) >= 11 is 4.86. The zero-order valence-electron chi connectivity index (χ0n) is 16.2. The molecule has 0 radical (unpaired) electrons. The van der Waals surface area contributed by atoms with Crippen LogP contribution in [-0.2, 0) is 9.53 Å². The summed E-state index contributed by atoms with van der Waals surface area (Å²) in [4.78, 5) is 22.3. The maximum atomic E-state index is 12.8. The minimum atomic E-state index is 0.00380. The molecule has 2 heterocycles. The fourth-order valence-electron chi connectivity index (χ4n) is 3.25. The maximum absolute atomic E-state index is 12.8. The number of anilines is 1. The highest BCUT2D eigenvalue weighted by Gasteiger charge is 2.32. The van der Waals surface area contributed by atoms with E-state index in [9.17, 15) is 4.79 Å². The van der Waals surface area contributed by atoms with Gasteiger partial charge in [0.05, 0.1) is 23.8 Å². The van der Waals surface area contributed by atoms with Gasteiger partial charge in [-0.05, 0) is 66.7 Å². The third-order valence-corrected chi connectivity index (χ3v) is 6.36. The van der Waals surface area contributed by atoms with Crippen molar-refractivity contribution in [3.05, 3.63) is 63.5 Å². The first-order valence-corrected chi connectivity index (χ1v) is 11.2. The molecular weight excluding hydrogens is 450 g/mol. The predicted molar refractivity (Wildman–Crippen MR) is 124 cm³/mol. The van der Waals surface area contributed by atoms with Gasteiger partial charge in [-0.15, -0.1) is 0 Å². The molecule has 2 saturated heterocycles. The Morgan fingerprint density at radius 3 is 2.45 bits per heavy atom. The minimum Gasteiger partial charge on any atom is -0.378 e. The third-order valence-electron chi connectivity index (χ3n) is 4.82. The van der Waals surface area contributed by atoms with Crippen LogP contribution < -0.4 is 4.90 Å². The zero-order chi connectivity index (χ0) is 20.2. The zero-order valence-corrected chi connectivity index (χ0v) is 18.6. The molecule has 2 aromatic carbocycles. The van der Waals surface area contributed by atoms with Gasteiger partial charge in [-0.2, -0.15) is 0 Å². The summed E-state index contributed by atoms with van der Waals surface area (Å²) < 4.78 is 6.43. The van der Waals surface area contributed by atoms with Crippen LogP contribution in [0.1, 0.15) is 12.5 Å². The summed E-state index contributed by atoms with van der Waals surface area (Å²) in [6.45, 7) is 5.91. The number of ether oxygens (including phenoxy) is 1. The number of hydrogen-bond donors (Lipinski definition) is 0. The van der Waals surface area contributed by atoms with Crippen LogP contribution in [0.25, 0.3) is 6.08 Å². The molecule has 0 bridgehead atoms. The van der Waals surface area contributed by atoms with Gasteiger partial charge in [0.25, 0.3) is 5.91 Å². The van der Waals surface area contributed by atoms with Crippen molar-refractivity contribution >= 4 is 56.2 Å². The van der Waals surface area contributed by atoms with Crippen LogP contribution in [0.4, 0.5) is 11.4 Å². The quantitative estimate of drug-likeness (QED) is 0.594. The number of rotatable bonds is 4. The van der Waals surface area contributed by atoms with Crippen molar-refractivity contribution in [3.63, 3.8) is 0 Å². The molecule has 0 N–H and O–H groups in total. The van der Waals surface area contributed by atoms with Gasteiger partial charge in [0.15, 0.2) is 5.17 Å². The van der Waals surface area contributed by atoms with Crippen LogP contribution in [-0.4, -0.2) is 48.8 Å². The number of likely N-dealkylation sites (N-methyl/N-ethyl adjacent to an activating group) is 1. The van der Waals surface area contributed by atoms with E-state index in [1.807, 2.05) is 49.4 Å². The Morgan fingerprint density at radius 1 is 1.10 bits per heavy atom. The standard InChI is InChI=1S/C22H22BrN3O2S/c1-2-26-21(27)20(15-16-3-5-17(23)6-4-16)29-22(26)24-18-7-9-19(10-8-18)25-11-13-28-14-12-25/h3-10,15H,2,11-14H2,1H3/b20-15+,24-22?. The molecule has 0 aromatic heterocycles. The summed E-state index contributed by atoms with van der Waals surface area (Å²) in [6, 6.07) is 16.1. The van der Waals surface area contributed by atoms with Crippen molar-refractivity contribution in [2.45, 2.75) is 6.92 Å². The highest BCUT2D eigenvalue weighted by atomic mass is 79.9. The van der Waals surface area contributed by atoms with Crippen molar-refractivity contribution in [1.82, 2.24) is 4.90 Å². The lowest BCUT2D eigenvalue weighted by Crippen LogP contribution is -2.36. The Hall–Kier alpha value is -2.09. The van der Waals surface area contributed by atoms with Gasteiger partial charge in [-0.1, -0.05) is 28.1 Å². The average Bonchev–Trinajstić information content (AvgIpc) is 3.05. The van der Waals surface area contributed by atoms with E-state index in [-0.39, 0.29) is 5.91 Å². The number of amidine groups is 1. The largest absolute Gasteiger partial charge is 0.378 e. The predicted octanol–water partition coefficient (Wildman–Crippen LogP) is 4.91. The van der Waals surface area contributed by atoms with Crippen LogP contribution in [0.5, 0.6) is 0 Å². The van der Waals surface area contributed by atoms with E-state index in [1.165, 1.54) is 17.4 Å². The minimum absolute atomic E-state index is 0.00380. The van der Waals surface area contributed by atoms with Gasteiger partial charge in [0.1, 0.15) is 0 Å². The van der Waals surface area contributed by atoms with Crippen LogP contribution in [0.2, 0.25) is 0 Å². The SMILES string of the molecule is CCN1C(=O)/C(=C\c2ccc(Br)cc2)SC1=Nc1ccc(N2CCOCC2)cc1. The number of hydrogen-bond acceptors (Lipinski definition) is 5. The molecular formula is C22H22BrN3O2S. The summed E-state index contributed by atoms with van der Waals surface area (Å²) in [5.41, 5.74) is 3.02. The van der Waals surface area contributed by atoms with Gasteiger partial charge >= 0.3 is 0 Å². The fourth-order valence-corrected chi connectivity index (χ4v) is 4.58. The van der Waals surface area contributed by atoms with Crippen molar-refractivity contribution in [2.24, 2.45) is 4.99 Å². The first-order valence-electron chi connectivity index (χ1n) is 9.62. The number of aliphatic imine (C=N–C) groups is 1. The highest BCUT2D eigenvalue weighted by Crippen LogP contribution is 2.34. The van der Waals surface area contributed by atoms with Gasteiger partial charge in [0, 0.05) is 29.8 Å². The summed E-state index contributed by atoms with van der Waals surface area (Å²) in [5.74, 6) is 0.00380. The first-order chi connectivity index (χ1) is 14.1. The van der Waals surface area contributed by atoms with Gasteiger partial charge in [-0.25, -0.2) is 4.99 Å². The van der Waals surface area contributed by atoms with Crippen molar-refractivity contribution in [2.75, 3.05) is 37.7 Å². The Kier molecular flexibility index (Phi) is 6.37. The van der Waals surface area contributed by atoms with Gasteiger partial charge < -0.3 is 9.64 Å². The summed E-state index contributed by atoms with van der Waals surface area (Å²) in [5, 5.41) is 0.722. The van der Waals surface area contributed by atoms with E-state index in [0.29, 0.717) is 11.4 Å². The molecule has 2 aliphatic rings.